The summed E-state index contributed by atoms with van der Waals surface area (Å²) in [6.07, 6.45) is 0. The van der Waals surface area contributed by atoms with E-state index >= 15 is 0 Å². The summed E-state index contributed by atoms with van der Waals surface area (Å²) >= 11 is 7.80. The highest BCUT2D eigenvalue weighted by atomic mass is 35.5. The molecule has 5 rings (SSSR count). The van der Waals surface area contributed by atoms with Crippen molar-refractivity contribution >= 4 is 54.8 Å². The number of morpholine rings is 1. The molecule has 1 N–H and O–H groups in total. The molecular formula is C24H20ClN3O4S2. The molecule has 0 radical (unpaired) electrons. The molecule has 1 aliphatic heterocycles. The SMILES string of the molecule is O=C(Nc1ccc(-c2nc3ccccc3s2)cc1)c1ccc(Cl)c(S(=O)(=O)N2CCOCC2)c1. The van der Waals surface area contributed by atoms with Crippen LogP contribution in [0.1, 0.15) is 10.4 Å². The number of carbonyl (C=O) groups is 1. The minimum atomic E-state index is -3.83. The fourth-order valence-corrected chi connectivity index (χ4v) is 6.54. The third-order valence-corrected chi connectivity index (χ3v) is 8.93. The van der Waals surface area contributed by atoms with Gasteiger partial charge in [0.05, 0.1) is 28.5 Å². The Bertz CT molecular complexity index is 1430. The Labute approximate surface area is 206 Å². The predicted molar refractivity (Wildman–Crippen MR) is 134 cm³/mol. The number of anilines is 1. The predicted octanol–water partition coefficient (Wildman–Crippen LogP) is 4.89. The smallest absolute Gasteiger partial charge is 0.255 e. The normalized spacial score (nSPS) is 14.9. The number of thiazole rings is 1. The van der Waals surface area contributed by atoms with Gasteiger partial charge in [-0.2, -0.15) is 4.31 Å². The van der Waals surface area contributed by atoms with Crippen LogP contribution < -0.4 is 5.32 Å². The lowest BCUT2D eigenvalue weighted by Crippen LogP contribution is -2.40. The summed E-state index contributed by atoms with van der Waals surface area (Å²) < 4.78 is 33.7. The number of hydrogen-bond acceptors (Lipinski definition) is 6. The number of halogens is 1. The Morgan fingerprint density at radius 2 is 1.76 bits per heavy atom. The van der Waals surface area contributed by atoms with E-state index in [0.29, 0.717) is 18.9 Å². The zero-order chi connectivity index (χ0) is 23.7. The molecule has 1 saturated heterocycles. The summed E-state index contributed by atoms with van der Waals surface area (Å²) in [5, 5.41) is 3.78. The fourth-order valence-electron chi connectivity index (χ4n) is 3.66. The average Bonchev–Trinajstić information content (AvgIpc) is 3.29. The van der Waals surface area contributed by atoms with Crippen LogP contribution in [0.2, 0.25) is 5.02 Å². The molecule has 0 saturated carbocycles. The maximum atomic E-state index is 13.0. The zero-order valence-electron chi connectivity index (χ0n) is 17.9. The first-order valence-corrected chi connectivity index (χ1v) is 13.2. The van der Waals surface area contributed by atoms with Gasteiger partial charge in [0.1, 0.15) is 9.90 Å². The van der Waals surface area contributed by atoms with Gasteiger partial charge in [0, 0.05) is 29.9 Å². The molecule has 10 heteroatoms. The second-order valence-electron chi connectivity index (χ2n) is 7.68. The van der Waals surface area contributed by atoms with Crippen LogP contribution in [0.25, 0.3) is 20.8 Å². The van der Waals surface area contributed by atoms with Gasteiger partial charge in [0.15, 0.2) is 0 Å². The third kappa shape index (κ3) is 4.57. The molecule has 3 aromatic carbocycles. The van der Waals surface area contributed by atoms with Gasteiger partial charge in [-0.15, -0.1) is 11.3 Å². The van der Waals surface area contributed by atoms with Crippen molar-refractivity contribution in [3.63, 3.8) is 0 Å². The van der Waals surface area contributed by atoms with E-state index in [2.05, 4.69) is 10.3 Å². The van der Waals surface area contributed by atoms with E-state index in [1.54, 1.807) is 23.5 Å². The maximum Gasteiger partial charge on any atom is 0.255 e. The average molecular weight is 514 g/mol. The molecule has 174 valence electrons. The van der Waals surface area contributed by atoms with Crippen molar-refractivity contribution in [2.45, 2.75) is 4.90 Å². The first kappa shape index (κ1) is 22.9. The van der Waals surface area contributed by atoms with Crippen LogP contribution in [0.15, 0.2) is 71.6 Å². The van der Waals surface area contributed by atoms with E-state index in [9.17, 15) is 13.2 Å². The van der Waals surface area contributed by atoms with Gasteiger partial charge in [0.2, 0.25) is 10.0 Å². The van der Waals surface area contributed by atoms with E-state index in [-0.39, 0.29) is 28.6 Å². The number of aromatic nitrogens is 1. The van der Waals surface area contributed by atoms with E-state index < -0.39 is 15.9 Å². The van der Waals surface area contributed by atoms with Crippen LogP contribution in [0.5, 0.6) is 0 Å². The Balaban J connectivity index is 1.34. The summed E-state index contributed by atoms with van der Waals surface area (Å²) in [6, 6.07) is 19.6. The molecule has 1 aliphatic rings. The highest BCUT2D eigenvalue weighted by Crippen LogP contribution is 2.31. The van der Waals surface area contributed by atoms with Gasteiger partial charge in [-0.1, -0.05) is 23.7 Å². The van der Waals surface area contributed by atoms with E-state index in [4.69, 9.17) is 16.3 Å². The number of amides is 1. The summed E-state index contributed by atoms with van der Waals surface area (Å²) in [7, 11) is -3.83. The maximum absolute atomic E-state index is 13.0. The fraction of sp³-hybridized carbons (Fsp3) is 0.167. The summed E-state index contributed by atoms with van der Waals surface area (Å²) in [6.45, 7) is 1.14. The molecule has 1 amide bonds. The van der Waals surface area contributed by atoms with E-state index in [1.807, 2.05) is 36.4 Å². The number of para-hydroxylation sites is 1. The number of fused-ring (bicyclic) bond motifs is 1. The minimum absolute atomic E-state index is 0.0724. The number of nitrogens with zero attached hydrogens (tertiary/aromatic N) is 2. The monoisotopic (exact) mass is 513 g/mol. The van der Waals surface area contributed by atoms with Gasteiger partial charge >= 0.3 is 0 Å². The molecule has 1 aromatic heterocycles. The molecule has 0 aliphatic carbocycles. The topological polar surface area (TPSA) is 88.6 Å². The Kier molecular flexibility index (Phi) is 6.37. The van der Waals surface area contributed by atoms with Gasteiger partial charge < -0.3 is 10.1 Å². The Morgan fingerprint density at radius 3 is 2.50 bits per heavy atom. The molecular weight excluding hydrogens is 494 g/mol. The zero-order valence-corrected chi connectivity index (χ0v) is 20.3. The number of benzene rings is 3. The van der Waals surface area contributed by atoms with Crippen molar-refractivity contribution in [2.24, 2.45) is 0 Å². The molecule has 7 nitrogen and oxygen atoms in total. The molecule has 4 aromatic rings. The van der Waals surface area contributed by atoms with Crippen LogP contribution in [-0.4, -0.2) is 49.9 Å². The second-order valence-corrected chi connectivity index (χ2v) is 11.0. The lowest BCUT2D eigenvalue weighted by molar-refractivity contribution is 0.0730. The lowest BCUT2D eigenvalue weighted by atomic mass is 10.2. The molecule has 0 atom stereocenters. The molecule has 1 fully saturated rings. The highest BCUT2D eigenvalue weighted by Gasteiger charge is 2.29. The van der Waals surface area contributed by atoms with Crippen molar-refractivity contribution in [1.82, 2.24) is 9.29 Å². The van der Waals surface area contributed by atoms with Crippen LogP contribution in [0.3, 0.4) is 0 Å². The van der Waals surface area contributed by atoms with Crippen LogP contribution in [-0.2, 0) is 14.8 Å². The van der Waals surface area contributed by atoms with Gasteiger partial charge in [-0.25, -0.2) is 13.4 Å². The third-order valence-electron chi connectivity index (χ3n) is 5.46. The standard InChI is InChI=1S/C24H20ClN3O4S2/c25-19-10-7-17(15-22(19)34(30,31)28-11-13-32-14-12-28)23(29)26-18-8-5-16(6-9-18)24-27-20-3-1-2-4-21(20)33-24/h1-10,15H,11-14H2,(H,26,29). The van der Waals surface area contributed by atoms with Crippen LogP contribution in [0.4, 0.5) is 5.69 Å². The molecule has 2 heterocycles. The lowest BCUT2D eigenvalue weighted by Gasteiger charge is -2.26. The number of sulfonamides is 1. The summed E-state index contributed by atoms with van der Waals surface area (Å²) in [5.74, 6) is -0.428. The molecule has 0 unspecified atom stereocenters. The first-order valence-electron chi connectivity index (χ1n) is 10.6. The quantitative estimate of drug-likeness (QED) is 0.410. The Morgan fingerprint density at radius 1 is 1.03 bits per heavy atom. The van der Waals surface area contributed by atoms with Gasteiger partial charge in [0.25, 0.3) is 5.91 Å². The van der Waals surface area contributed by atoms with Gasteiger partial charge in [-0.05, 0) is 54.6 Å². The largest absolute Gasteiger partial charge is 0.379 e. The molecule has 0 bridgehead atoms. The molecule has 0 spiro atoms. The molecule has 34 heavy (non-hydrogen) atoms. The van der Waals surface area contributed by atoms with Crippen molar-refractivity contribution in [3.8, 4) is 10.6 Å². The van der Waals surface area contributed by atoms with Crippen molar-refractivity contribution in [3.05, 3.63) is 77.3 Å². The Hall–Kier alpha value is -2.82. The van der Waals surface area contributed by atoms with Crippen molar-refractivity contribution in [1.29, 1.82) is 0 Å². The highest BCUT2D eigenvalue weighted by molar-refractivity contribution is 7.89. The van der Waals surface area contributed by atoms with Crippen LogP contribution in [0, 0.1) is 0 Å². The second kappa shape index (κ2) is 9.44. The minimum Gasteiger partial charge on any atom is -0.379 e. The van der Waals surface area contributed by atoms with E-state index in [0.717, 1.165) is 20.8 Å². The van der Waals surface area contributed by atoms with Gasteiger partial charge in [-0.3, -0.25) is 4.79 Å². The van der Waals surface area contributed by atoms with Crippen molar-refractivity contribution in [2.75, 3.05) is 31.6 Å². The summed E-state index contributed by atoms with van der Waals surface area (Å²) in [5.41, 5.74) is 2.68. The number of ether oxygens (including phenoxy) is 1. The van der Waals surface area contributed by atoms with Crippen molar-refractivity contribution < 1.29 is 17.9 Å². The number of hydrogen-bond donors (Lipinski definition) is 1. The summed E-state index contributed by atoms with van der Waals surface area (Å²) in [4.78, 5) is 17.4. The number of nitrogens with one attached hydrogen (secondary N) is 1. The number of rotatable bonds is 5. The number of carbonyl (C=O) groups excluding carboxylic acids is 1. The first-order chi connectivity index (χ1) is 16.4. The van der Waals surface area contributed by atoms with Crippen LogP contribution >= 0.6 is 22.9 Å². The van der Waals surface area contributed by atoms with E-state index in [1.165, 1.54) is 22.5 Å².